The Morgan fingerprint density at radius 1 is 0.885 bits per heavy atom. The zero-order valence-corrected chi connectivity index (χ0v) is 13.4. The lowest BCUT2D eigenvalue weighted by Crippen LogP contribution is -2.30. The molecule has 0 heterocycles. The van der Waals surface area contributed by atoms with Gasteiger partial charge in [0, 0.05) is 16.1 Å². The molecule has 26 heavy (non-hydrogen) atoms. The van der Waals surface area contributed by atoms with Gasteiger partial charge in [-0.05, 0) is 18.2 Å². The van der Waals surface area contributed by atoms with Crippen LogP contribution in [0.3, 0.4) is 0 Å². The molecule has 0 atom stereocenters. The van der Waals surface area contributed by atoms with E-state index in [-0.39, 0.29) is 5.02 Å². The maximum absolute atomic E-state index is 13.8. The first-order valence-electron chi connectivity index (χ1n) is 6.83. The van der Waals surface area contributed by atoms with Gasteiger partial charge in [0.15, 0.2) is 5.78 Å². The van der Waals surface area contributed by atoms with Crippen molar-refractivity contribution in [3.8, 4) is 0 Å². The summed E-state index contributed by atoms with van der Waals surface area (Å²) >= 11 is 5.67. The van der Waals surface area contributed by atoms with Crippen LogP contribution < -0.4 is 0 Å². The molecule has 2 aromatic carbocycles. The summed E-state index contributed by atoms with van der Waals surface area (Å²) in [5.74, 6) is -2.80. The number of carboxylic acids is 1. The molecule has 138 valence electrons. The van der Waals surface area contributed by atoms with Crippen molar-refractivity contribution in [2.75, 3.05) is 0 Å². The van der Waals surface area contributed by atoms with E-state index in [9.17, 15) is 33.7 Å². The predicted molar refractivity (Wildman–Crippen MR) is 82.7 cm³/mol. The molecule has 0 saturated carbocycles. The summed E-state index contributed by atoms with van der Waals surface area (Å²) in [5.41, 5.74) is -4.83. The fourth-order valence-corrected chi connectivity index (χ4v) is 2.56. The van der Waals surface area contributed by atoms with Crippen molar-refractivity contribution < 1.29 is 43.9 Å². The minimum atomic E-state index is -4.33. The predicted octanol–water partition coefficient (Wildman–Crippen LogP) is 1.40. The molecule has 0 aromatic heterocycles. The van der Waals surface area contributed by atoms with Crippen LogP contribution in [-0.2, 0) is 12.1 Å². The van der Waals surface area contributed by atoms with E-state index in [2.05, 4.69) is 0 Å². The molecule has 10 heteroatoms. The van der Waals surface area contributed by atoms with Crippen LogP contribution in [-0.4, -0.2) is 37.3 Å². The quantitative estimate of drug-likeness (QED) is 0.386. The minimum Gasteiger partial charge on any atom is -0.478 e. The molecule has 7 nitrogen and oxygen atoms in total. The lowest BCUT2D eigenvalue weighted by Gasteiger charge is -2.23. The highest BCUT2D eigenvalue weighted by atomic mass is 35.5. The summed E-state index contributed by atoms with van der Waals surface area (Å²) in [6.45, 7) is 0. The van der Waals surface area contributed by atoms with Crippen molar-refractivity contribution in [3.63, 3.8) is 0 Å². The monoisotopic (exact) mass is 388 g/mol. The van der Waals surface area contributed by atoms with Gasteiger partial charge in [-0.3, -0.25) is 4.79 Å². The third-order valence-corrected chi connectivity index (χ3v) is 3.66. The van der Waals surface area contributed by atoms with Crippen LogP contribution in [0.4, 0.5) is 8.78 Å². The number of carbonyl (C=O) groups is 2. The van der Waals surface area contributed by atoms with Gasteiger partial charge in [0.2, 0.25) is 0 Å². The second-order valence-corrected chi connectivity index (χ2v) is 5.66. The molecule has 0 aliphatic heterocycles. The van der Waals surface area contributed by atoms with Gasteiger partial charge in [-0.15, -0.1) is 0 Å². The zero-order chi connectivity index (χ0) is 19.9. The van der Waals surface area contributed by atoms with E-state index in [0.29, 0.717) is 6.07 Å². The Labute approximate surface area is 149 Å². The Morgan fingerprint density at radius 2 is 1.50 bits per heavy atom. The molecule has 0 saturated heterocycles. The van der Waals surface area contributed by atoms with E-state index >= 15 is 0 Å². The van der Waals surface area contributed by atoms with E-state index in [1.54, 1.807) is 0 Å². The van der Waals surface area contributed by atoms with Gasteiger partial charge in [-0.1, -0.05) is 29.8 Å². The average Bonchev–Trinajstić information content (AvgIpc) is 2.51. The molecule has 5 N–H and O–H groups in total. The number of rotatable bonds is 5. The molecular formula is C16H11ClF2O7. The standard InChI is InChI=1S/C16H11ClF2O7/c17-7-4-5-8(10(6-7)14(21)22)13(20)9-2-1-3-11(15(18,23)24)12(9)16(19,25)26/h1-6,23-26H,(H,21,22). The van der Waals surface area contributed by atoms with Crippen molar-refractivity contribution in [3.05, 3.63) is 69.2 Å². The van der Waals surface area contributed by atoms with Gasteiger partial charge >= 0.3 is 18.1 Å². The summed E-state index contributed by atoms with van der Waals surface area (Å²) in [6.07, 6.45) is 0. The second-order valence-electron chi connectivity index (χ2n) is 5.23. The number of benzene rings is 2. The Kier molecular flexibility index (Phi) is 5.13. The van der Waals surface area contributed by atoms with Crippen molar-refractivity contribution in [2.24, 2.45) is 0 Å². The Balaban J connectivity index is 2.78. The van der Waals surface area contributed by atoms with E-state index in [4.69, 9.17) is 21.8 Å². The number of ketones is 1. The highest BCUT2D eigenvalue weighted by Gasteiger charge is 2.41. The summed E-state index contributed by atoms with van der Waals surface area (Å²) < 4.78 is 27.3. The average molecular weight is 389 g/mol. The van der Waals surface area contributed by atoms with Gasteiger partial charge in [0.1, 0.15) is 0 Å². The smallest absolute Gasteiger partial charge is 0.345 e. The zero-order valence-electron chi connectivity index (χ0n) is 12.7. The normalized spacial score (nSPS) is 12.1. The highest BCUT2D eigenvalue weighted by Crippen LogP contribution is 2.35. The van der Waals surface area contributed by atoms with Gasteiger partial charge in [0.05, 0.1) is 16.7 Å². The molecule has 0 fully saturated rings. The number of hydrogen-bond acceptors (Lipinski definition) is 6. The molecule has 2 aromatic rings. The van der Waals surface area contributed by atoms with E-state index in [1.807, 2.05) is 0 Å². The topological polar surface area (TPSA) is 135 Å². The number of carboxylic acid groups (broad SMARTS) is 1. The van der Waals surface area contributed by atoms with Crippen molar-refractivity contribution in [1.82, 2.24) is 0 Å². The molecule has 0 bridgehead atoms. The Morgan fingerprint density at radius 3 is 2.00 bits per heavy atom. The third kappa shape index (κ3) is 3.87. The number of hydrogen-bond donors (Lipinski definition) is 5. The number of halogens is 3. The SMILES string of the molecule is O=C(O)c1cc(Cl)ccc1C(=O)c1cccc(C(O)(O)F)c1C(O)(O)F. The second kappa shape index (κ2) is 6.71. The van der Waals surface area contributed by atoms with Crippen LogP contribution in [0.1, 0.15) is 37.4 Å². The van der Waals surface area contributed by atoms with E-state index in [0.717, 1.165) is 30.3 Å². The van der Waals surface area contributed by atoms with Gasteiger partial charge < -0.3 is 25.5 Å². The first kappa shape index (κ1) is 19.9. The largest absolute Gasteiger partial charge is 0.478 e. The summed E-state index contributed by atoms with van der Waals surface area (Å²) in [5, 5.41) is 45.8. The molecule has 0 radical (unpaired) electrons. The highest BCUT2D eigenvalue weighted by molar-refractivity contribution is 6.31. The van der Waals surface area contributed by atoms with Gasteiger partial charge in [-0.25, -0.2) is 4.79 Å². The summed E-state index contributed by atoms with van der Waals surface area (Å²) in [7, 11) is 0. The van der Waals surface area contributed by atoms with E-state index in [1.165, 1.54) is 0 Å². The fourth-order valence-electron chi connectivity index (χ4n) is 2.39. The minimum absolute atomic E-state index is 0.0226. The fraction of sp³-hybridized carbons (Fsp3) is 0.125. The first-order chi connectivity index (χ1) is 11.8. The Hall–Kier alpha value is -2.43. The van der Waals surface area contributed by atoms with E-state index < -0.39 is 51.7 Å². The van der Waals surface area contributed by atoms with Crippen LogP contribution in [0.2, 0.25) is 5.02 Å². The number of aliphatic hydroxyl groups is 4. The van der Waals surface area contributed by atoms with Crippen LogP contribution in [0.5, 0.6) is 0 Å². The van der Waals surface area contributed by atoms with Crippen molar-refractivity contribution in [1.29, 1.82) is 0 Å². The maximum atomic E-state index is 13.8. The molecule has 0 aliphatic rings. The maximum Gasteiger partial charge on any atom is 0.345 e. The summed E-state index contributed by atoms with van der Waals surface area (Å²) in [4.78, 5) is 23.9. The van der Waals surface area contributed by atoms with Gasteiger partial charge in [0.25, 0.3) is 0 Å². The molecule has 0 aliphatic carbocycles. The number of alkyl halides is 2. The lowest BCUT2D eigenvalue weighted by molar-refractivity contribution is -0.290. The Bertz CT molecular complexity index is 885. The lowest BCUT2D eigenvalue weighted by atomic mass is 9.91. The van der Waals surface area contributed by atoms with Crippen LogP contribution in [0.25, 0.3) is 0 Å². The summed E-state index contributed by atoms with van der Waals surface area (Å²) in [6, 6.07) is -3.12. The van der Waals surface area contributed by atoms with Crippen LogP contribution in [0, 0.1) is 0 Å². The van der Waals surface area contributed by atoms with Crippen LogP contribution >= 0.6 is 11.6 Å². The number of carbonyl (C=O) groups excluding carboxylic acids is 1. The molecular weight excluding hydrogens is 378 g/mol. The third-order valence-electron chi connectivity index (χ3n) is 3.43. The van der Waals surface area contributed by atoms with Crippen molar-refractivity contribution >= 4 is 23.4 Å². The molecule has 0 unspecified atom stereocenters. The number of aromatic carboxylic acids is 1. The molecule has 2 rings (SSSR count). The first-order valence-corrected chi connectivity index (χ1v) is 7.20. The molecule has 0 spiro atoms. The van der Waals surface area contributed by atoms with Crippen molar-refractivity contribution in [2.45, 2.75) is 12.1 Å². The van der Waals surface area contributed by atoms with Gasteiger partial charge in [-0.2, -0.15) is 8.78 Å². The van der Waals surface area contributed by atoms with Crippen LogP contribution in [0.15, 0.2) is 36.4 Å². The molecule has 0 amide bonds.